The topological polar surface area (TPSA) is 26.5 Å². The maximum atomic E-state index is 4.63. The van der Waals surface area contributed by atoms with E-state index in [0.717, 1.165) is 17.2 Å². The minimum atomic E-state index is 0.617. The first-order valence-corrected chi connectivity index (χ1v) is 5.83. The molecule has 0 saturated heterocycles. The largest absolute Gasteiger partial charge is 0.231 e. The van der Waals surface area contributed by atoms with E-state index in [1.165, 1.54) is 32.1 Å². The van der Waals surface area contributed by atoms with Crippen LogP contribution in [0, 0.1) is 5.92 Å². The Hall–Kier alpha value is -1.31. The third kappa shape index (κ3) is 1.65. The van der Waals surface area contributed by atoms with Crippen molar-refractivity contribution in [2.45, 2.75) is 32.1 Å². The van der Waals surface area contributed by atoms with Crippen molar-refractivity contribution in [3.63, 3.8) is 0 Å². The number of rotatable bonds is 1. The molecule has 0 atom stereocenters. The van der Waals surface area contributed by atoms with E-state index in [9.17, 15) is 0 Å². The number of nitrogens with zero attached hydrogens (tertiary/aromatic N) is 2. The fourth-order valence-electron chi connectivity index (χ4n) is 2.47. The van der Waals surface area contributed by atoms with Crippen molar-refractivity contribution in [1.29, 1.82) is 0 Å². The quantitative estimate of drug-likeness (QED) is 0.661. The van der Waals surface area contributed by atoms with Crippen molar-refractivity contribution in [3.05, 3.63) is 24.3 Å². The molecule has 0 amide bonds. The molecule has 1 aliphatic carbocycles. The van der Waals surface area contributed by atoms with Crippen LogP contribution in [0.1, 0.15) is 32.1 Å². The van der Waals surface area contributed by atoms with E-state index in [1.54, 1.807) is 0 Å². The van der Waals surface area contributed by atoms with Gasteiger partial charge in [0.25, 0.3) is 0 Å². The number of hydrogen-bond acceptors (Lipinski definition) is 1. The maximum Gasteiger partial charge on any atom is 0.132 e. The van der Waals surface area contributed by atoms with Crippen molar-refractivity contribution in [2.75, 3.05) is 0 Å². The second kappa shape index (κ2) is 3.69. The van der Waals surface area contributed by atoms with Crippen LogP contribution < -0.4 is 5.32 Å². The summed E-state index contributed by atoms with van der Waals surface area (Å²) in [4.78, 5) is 4.63. The summed E-state index contributed by atoms with van der Waals surface area (Å²) in [6.45, 7) is 0. The summed E-state index contributed by atoms with van der Waals surface area (Å²) in [6, 6.07) is 8.16. The van der Waals surface area contributed by atoms with Crippen LogP contribution in [-0.4, -0.2) is 5.84 Å². The van der Waals surface area contributed by atoms with Gasteiger partial charge in [-0.3, -0.25) is 0 Å². The van der Waals surface area contributed by atoms with Crippen molar-refractivity contribution in [2.24, 2.45) is 10.9 Å². The smallest absolute Gasteiger partial charge is 0.132 e. The lowest BCUT2D eigenvalue weighted by atomic mass is 9.88. The third-order valence-electron chi connectivity index (χ3n) is 3.32. The van der Waals surface area contributed by atoms with Crippen molar-refractivity contribution >= 4 is 17.2 Å². The highest BCUT2D eigenvalue weighted by atomic mass is 15.1. The number of fused-ring (bicyclic) bond motifs is 1. The first kappa shape index (κ1) is 8.96. The molecule has 0 spiro atoms. The Balaban J connectivity index is 1.81. The summed E-state index contributed by atoms with van der Waals surface area (Å²) in [5.41, 5.74) is 2.11. The molecule has 1 fully saturated rings. The summed E-state index contributed by atoms with van der Waals surface area (Å²) < 4.78 is 0. The highest BCUT2D eigenvalue weighted by molar-refractivity contribution is 5.97. The molecule has 0 aromatic heterocycles. The van der Waals surface area contributed by atoms with Crippen molar-refractivity contribution in [3.8, 4) is 0 Å². The first-order chi connectivity index (χ1) is 7.43. The number of benzene rings is 1. The van der Waals surface area contributed by atoms with E-state index in [2.05, 4.69) is 22.4 Å². The molecule has 0 unspecified atom stereocenters. The van der Waals surface area contributed by atoms with Gasteiger partial charge in [-0.1, -0.05) is 31.4 Å². The van der Waals surface area contributed by atoms with Gasteiger partial charge in [-0.25, -0.2) is 10.3 Å². The number of aliphatic imine (C=N–C) groups is 1. The average molecular weight is 199 g/mol. The number of para-hydroxylation sites is 2. The zero-order valence-corrected chi connectivity index (χ0v) is 8.82. The Morgan fingerprint density at radius 1 is 0.933 bits per heavy atom. The monoisotopic (exact) mass is 199 g/mol. The van der Waals surface area contributed by atoms with Crippen LogP contribution in [0.4, 0.5) is 11.4 Å². The molecule has 1 aliphatic heterocycles. The van der Waals surface area contributed by atoms with Crippen molar-refractivity contribution in [1.82, 2.24) is 5.32 Å². The first-order valence-electron chi connectivity index (χ1n) is 5.83. The summed E-state index contributed by atoms with van der Waals surface area (Å²) in [6.07, 6.45) is 6.62. The number of hydrogen-bond donors (Lipinski definition) is 0. The Bertz CT molecular complexity index is 389. The fourth-order valence-corrected chi connectivity index (χ4v) is 2.47. The van der Waals surface area contributed by atoms with Crippen LogP contribution in [-0.2, 0) is 0 Å². The van der Waals surface area contributed by atoms with Gasteiger partial charge in [0.15, 0.2) is 0 Å². The molecular formula is C13H15N2. The summed E-state index contributed by atoms with van der Waals surface area (Å²) in [5, 5.41) is 4.63. The molecule has 77 valence electrons. The zero-order chi connectivity index (χ0) is 10.1. The van der Waals surface area contributed by atoms with Crippen LogP contribution in [0.15, 0.2) is 29.3 Å². The predicted octanol–water partition coefficient (Wildman–Crippen LogP) is 3.55. The van der Waals surface area contributed by atoms with Gasteiger partial charge < -0.3 is 0 Å². The fraction of sp³-hybridized carbons (Fsp3) is 0.462. The van der Waals surface area contributed by atoms with E-state index >= 15 is 0 Å². The van der Waals surface area contributed by atoms with Crippen LogP contribution in [0.2, 0.25) is 0 Å². The average Bonchev–Trinajstić information content (AvgIpc) is 2.74. The van der Waals surface area contributed by atoms with Gasteiger partial charge in [0, 0.05) is 5.92 Å². The van der Waals surface area contributed by atoms with Gasteiger partial charge >= 0.3 is 0 Å². The molecule has 1 radical (unpaired) electrons. The maximum absolute atomic E-state index is 4.63. The van der Waals surface area contributed by atoms with E-state index in [-0.39, 0.29) is 0 Å². The van der Waals surface area contributed by atoms with Crippen LogP contribution >= 0.6 is 0 Å². The van der Waals surface area contributed by atoms with E-state index in [4.69, 9.17) is 0 Å². The molecule has 2 aliphatic rings. The van der Waals surface area contributed by atoms with Gasteiger partial charge in [0.05, 0.1) is 11.4 Å². The van der Waals surface area contributed by atoms with Gasteiger partial charge in [0.2, 0.25) is 0 Å². The Morgan fingerprint density at radius 2 is 1.67 bits per heavy atom. The molecule has 1 saturated carbocycles. The molecule has 1 aromatic rings. The third-order valence-corrected chi connectivity index (χ3v) is 3.32. The minimum absolute atomic E-state index is 0.617. The van der Waals surface area contributed by atoms with Gasteiger partial charge in [-0.15, -0.1) is 0 Å². The lowest BCUT2D eigenvalue weighted by molar-refractivity contribution is 0.435. The molecule has 3 rings (SSSR count). The molecule has 2 heteroatoms. The summed E-state index contributed by atoms with van der Waals surface area (Å²) in [5.74, 6) is 1.70. The van der Waals surface area contributed by atoms with Crippen LogP contribution in [0.25, 0.3) is 0 Å². The summed E-state index contributed by atoms with van der Waals surface area (Å²) in [7, 11) is 0. The Morgan fingerprint density at radius 3 is 2.40 bits per heavy atom. The molecule has 0 bridgehead atoms. The molecule has 2 nitrogen and oxygen atoms in total. The highest BCUT2D eigenvalue weighted by Gasteiger charge is 2.24. The molecule has 15 heavy (non-hydrogen) atoms. The molecule has 1 aromatic carbocycles. The van der Waals surface area contributed by atoms with Crippen LogP contribution in [0.5, 0.6) is 0 Å². The normalized spacial score (nSPS) is 20.7. The van der Waals surface area contributed by atoms with E-state index in [1.807, 2.05) is 12.1 Å². The van der Waals surface area contributed by atoms with Crippen molar-refractivity contribution < 1.29 is 0 Å². The second-order valence-corrected chi connectivity index (χ2v) is 4.41. The van der Waals surface area contributed by atoms with E-state index < -0.39 is 0 Å². The van der Waals surface area contributed by atoms with Gasteiger partial charge in [-0.05, 0) is 25.0 Å². The van der Waals surface area contributed by atoms with Crippen LogP contribution in [0.3, 0.4) is 0 Å². The molecule has 0 N–H and O–H groups in total. The Labute approximate surface area is 90.4 Å². The lowest BCUT2D eigenvalue weighted by Crippen LogP contribution is -2.21. The predicted molar refractivity (Wildman–Crippen MR) is 61.9 cm³/mol. The highest BCUT2D eigenvalue weighted by Crippen LogP contribution is 2.34. The SMILES string of the molecule is c1ccc2c(c1)[N]C(C1CCCCC1)=N2. The zero-order valence-electron chi connectivity index (χ0n) is 8.82. The van der Waals surface area contributed by atoms with E-state index in [0.29, 0.717) is 5.92 Å². The van der Waals surface area contributed by atoms with Gasteiger partial charge in [-0.2, -0.15) is 0 Å². The molecular weight excluding hydrogens is 184 g/mol. The minimum Gasteiger partial charge on any atom is -0.231 e. The standard InChI is InChI=1S/C13H15N2/c1-2-6-10(7-3-1)13-14-11-8-4-5-9-12(11)15-13/h4-5,8-10H,1-3,6-7H2. The Kier molecular flexibility index (Phi) is 2.20. The lowest BCUT2D eigenvalue weighted by Gasteiger charge is -2.20. The summed E-state index contributed by atoms with van der Waals surface area (Å²) >= 11 is 0. The molecule has 1 heterocycles. The number of amidine groups is 1. The second-order valence-electron chi connectivity index (χ2n) is 4.41. The van der Waals surface area contributed by atoms with Gasteiger partial charge in [0.1, 0.15) is 5.84 Å².